The molecule has 1 unspecified atom stereocenters. The molecule has 2 aliphatic heterocycles. The molecule has 0 aromatic heterocycles. The Morgan fingerprint density at radius 2 is 2.12 bits per heavy atom. The van der Waals surface area contributed by atoms with Crippen LogP contribution in [-0.4, -0.2) is 43.6 Å². The molecule has 2 fully saturated rings. The van der Waals surface area contributed by atoms with E-state index in [1.54, 1.807) is 4.90 Å². The zero-order chi connectivity index (χ0) is 18.1. The average molecular weight is 360 g/mol. The summed E-state index contributed by atoms with van der Waals surface area (Å²) in [6.45, 7) is 5.32. The van der Waals surface area contributed by atoms with Gasteiger partial charge in [-0.05, 0) is 64.2 Å². The van der Waals surface area contributed by atoms with Crippen molar-refractivity contribution in [1.29, 1.82) is 0 Å². The number of benzene rings is 1. The normalized spacial score (nSPS) is 24.8. The summed E-state index contributed by atoms with van der Waals surface area (Å²) in [6, 6.07) is 6.54. The fourth-order valence-corrected chi connectivity index (χ4v) is 3.46. The second-order valence-electron chi connectivity index (χ2n) is 7.84. The van der Waals surface area contributed by atoms with Crippen molar-refractivity contribution in [2.24, 2.45) is 0 Å². The summed E-state index contributed by atoms with van der Waals surface area (Å²) in [5.41, 5.74) is 0.969. The van der Waals surface area contributed by atoms with E-state index in [1.165, 1.54) is 12.8 Å². The van der Waals surface area contributed by atoms with E-state index >= 15 is 0 Å². The van der Waals surface area contributed by atoms with E-state index in [1.807, 2.05) is 32.0 Å². The maximum atomic E-state index is 12.9. The van der Waals surface area contributed by atoms with E-state index in [0.717, 1.165) is 43.0 Å². The number of fused-ring (bicyclic) bond motifs is 1. The topological polar surface area (TPSA) is 60.0 Å². The third-order valence-corrected chi connectivity index (χ3v) is 5.08. The quantitative estimate of drug-likeness (QED) is 0.843. The summed E-state index contributed by atoms with van der Waals surface area (Å²) in [5.74, 6) is 0.701. The summed E-state index contributed by atoms with van der Waals surface area (Å²) in [4.78, 5) is 14.7. The summed E-state index contributed by atoms with van der Waals surface area (Å²) < 4.78 is 17.4. The van der Waals surface area contributed by atoms with Crippen LogP contribution in [0.15, 0.2) is 18.2 Å². The zero-order valence-electron chi connectivity index (χ0n) is 15.6. The summed E-state index contributed by atoms with van der Waals surface area (Å²) in [5, 5.41) is 3.49. The van der Waals surface area contributed by atoms with Crippen molar-refractivity contribution in [3.05, 3.63) is 18.2 Å². The molecule has 1 atom stereocenters. The van der Waals surface area contributed by atoms with E-state index in [2.05, 4.69) is 5.32 Å². The van der Waals surface area contributed by atoms with Crippen LogP contribution >= 0.6 is 0 Å². The highest BCUT2D eigenvalue weighted by Gasteiger charge is 2.41. The predicted molar refractivity (Wildman–Crippen MR) is 99.7 cm³/mol. The van der Waals surface area contributed by atoms with Crippen molar-refractivity contribution in [2.45, 2.75) is 63.9 Å². The van der Waals surface area contributed by atoms with Crippen molar-refractivity contribution in [3.63, 3.8) is 0 Å². The second-order valence-corrected chi connectivity index (χ2v) is 7.84. The number of rotatable bonds is 6. The Hall–Kier alpha value is -1.79. The number of anilines is 2. The second kappa shape index (κ2) is 7.08. The number of carbonyl (C=O) groups is 1. The van der Waals surface area contributed by atoms with E-state index in [4.69, 9.17) is 14.2 Å². The first kappa shape index (κ1) is 17.6. The minimum atomic E-state index is -0.875. The fraction of sp³-hybridized carbons (Fsp3) is 0.650. The Bertz CT molecular complexity index is 666. The van der Waals surface area contributed by atoms with Gasteiger partial charge >= 0.3 is 0 Å². The van der Waals surface area contributed by atoms with E-state index < -0.39 is 5.60 Å². The first-order chi connectivity index (χ1) is 12.5. The lowest BCUT2D eigenvalue weighted by Gasteiger charge is -2.39. The van der Waals surface area contributed by atoms with Gasteiger partial charge in [-0.2, -0.15) is 0 Å². The maximum Gasteiger partial charge on any atom is 0.270 e. The monoisotopic (exact) mass is 360 g/mol. The minimum absolute atomic E-state index is 0.0401. The van der Waals surface area contributed by atoms with Gasteiger partial charge in [0.15, 0.2) is 11.9 Å². The van der Waals surface area contributed by atoms with Gasteiger partial charge in [-0.3, -0.25) is 4.79 Å². The molecule has 1 N–H and O–H groups in total. The number of nitrogens with zero attached hydrogens (tertiary/aromatic N) is 1. The molecule has 1 saturated carbocycles. The Morgan fingerprint density at radius 1 is 1.27 bits per heavy atom. The standard InChI is InChI=1S/C20H28N2O4/c1-20(2)19(23)22(10-12-25-18-5-3-4-11-24-18)16-13-15(21-14-6-7-14)8-9-17(16)26-20/h8-9,13-14,18,21H,3-7,10-12H2,1-2H3. The molecule has 1 aromatic rings. The third-order valence-electron chi connectivity index (χ3n) is 5.08. The van der Waals surface area contributed by atoms with Crippen LogP contribution < -0.4 is 15.0 Å². The molecule has 3 aliphatic rings. The van der Waals surface area contributed by atoms with Gasteiger partial charge in [0.25, 0.3) is 5.91 Å². The van der Waals surface area contributed by atoms with Crippen LogP contribution in [0.4, 0.5) is 11.4 Å². The predicted octanol–water partition coefficient (Wildman–Crippen LogP) is 3.31. The van der Waals surface area contributed by atoms with Gasteiger partial charge < -0.3 is 24.4 Å². The number of nitrogens with one attached hydrogen (secondary N) is 1. The minimum Gasteiger partial charge on any atom is -0.476 e. The number of hydrogen-bond donors (Lipinski definition) is 1. The van der Waals surface area contributed by atoms with Gasteiger partial charge in [0.05, 0.1) is 12.3 Å². The van der Waals surface area contributed by atoms with Crippen LogP contribution in [0.5, 0.6) is 5.75 Å². The van der Waals surface area contributed by atoms with Crippen molar-refractivity contribution in [3.8, 4) is 5.75 Å². The van der Waals surface area contributed by atoms with Crippen molar-refractivity contribution < 1.29 is 19.0 Å². The molecule has 0 spiro atoms. The van der Waals surface area contributed by atoms with Crippen molar-refractivity contribution in [1.82, 2.24) is 0 Å². The molecule has 1 aliphatic carbocycles. The molecule has 1 saturated heterocycles. The fourth-order valence-electron chi connectivity index (χ4n) is 3.46. The smallest absolute Gasteiger partial charge is 0.270 e. The molecule has 2 heterocycles. The lowest BCUT2D eigenvalue weighted by atomic mass is 10.0. The van der Waals surface area contributed by atoms with Gasteiger partial charge in [0.2, 0.25) is 0 Å². The van der Waals surface area contributed by atoms with Crippen LogP contribution in [-0.2, 0) is 14.3 Å². The van der Waals surface area contributed by atoms with Crippen molar-refractivity contribution in [2.75, 3.05) is 30.0 Å². The third kappa shape index (κ3) is 3.81. The number of hydrogen-bond acceptors (Lipinski definition) is 5. The molecule has 4 rings (SSSR count). The summed E-state index contributed by atoms with van der Waals surface area (Å²) >= 11 is 0. The van der Waals surface area contributed by atoms with E-state index in [-0.39, 0.29) is 12.2 Å². The SMILES string of the molecule is CC1(C)Oc2ccc(NC3CC3)cc2N(CCOC2CCCCO2)C1=O. The lowest BCUT2D eigenvalue weighted by Crippen LogP contribution is -2.53. The molecule has 0 radical (unpaired) electrons. The van der Waals surface area contributed by atoms with Crippen LogP contribution in [0.3, 0.4) is 0 Å². The number of carbonyl (C=O) groups excluding carboxylic acids is 1. The Morgan fingerprint density at radius 3 is 2.85 bits per heavy atom. The van der Waals surface area contributed by atoms with Gasteiger partial charge in [0.1, 0.15) is 5.75 Å². The maximum absolute atomic E-state index is 12.9. The van der Waals surface area contributed by atoms with Gasteiger partial charge in [-0.25, -0.2) is 0 Å². The molecule has 1 amide bonds. The molecule has 6 heteroatoms. The Balaban J connectivity index is 1.48. The van der Waals surface area contributed by atoms with Gasteiger partial charge in [-0.15, -0.1) is 0 Å². The van der Waals surface area contributed by atoms with E-state index in [0.29, 0.717) is 19.2 Å². The molecular weight excluding hydrogens is 332 g/mol. The molecular formula is C20H28N2O4. The Kier molecular flexibility index (Phi) is 4.80. The first-order valence-electron chi connectivity index (χ1n) is 9.68. The first-order valence-corrected chi connectivity index (χ1v) is 9.68. The molecule has 0 bridgehead atoms. The van der Waals surface area contributed by atoms with Crippen LogP contribution in [0, 0.1) is 0 Å². The average Bonchev–Trinajstić information content (AvgIpc) is 3.44. The van der Waals surface area contributed by atoms with Crippen LogP contribution in [0.25, 0.3) is 0 Å². The lowest BCUT2D eigenvalue weighted by molar-refractivity contribution is -0.161. The highest BCUT2D eigenvalue weighted by molar-refractivity contribution is 6.02. The Labute approximate surface area is 154 Å². The zero-order valence-corrected chi connectivity index (χ0v) is 15.6. The molecule has 26 heavy (non-hydrogen) atoms. The van der Waals surface area contributed by atoms with Crippen LogP contribution in [0.1, 0.15) is 46.0 Å². The molecule has 6 nitrogen and oxygen atoms in total. The largest absolute Gasteiger partial charge is 0.476 e. The van der Waals surface area contributed by atoms with Gasteiger partial charge in [-0.1, -0.05) is 0 Å². The highest BCUT2D eigenvalue weighted by atomic mass is 16.7. The number of amides is 1. The van der Waals surface area contributed by atoms with Gasteiger partial charge in [0, 0.05) is 24.9 Å². The summed E-state index contributed by atoms with van der Waals surface area (Å²) in [7, 11) is 0. The van der Waals surface area contributed by atoms with E-state index in [9.17, 15) is 4.79 Å². The number of ether oxygens (including phenoxy) is 3. The van der Waals surface area contributed by atoms with Crippen molar-refractivity contribution >= 4 is 17.3 Å². The highest BCUT2D eigenvalue weighted by Crippen LogP contribution is 2.40. The van der Waals surface area contributed by atoms with Crippen LogP contribution in [0.2, 0.25) is 0 Å². The molecule has 142 valence electrons. The molecule has 1 aromatic carbocycles. The summed E-state index contributed by atoms with van der Waals surface area (Å²) in [6.07, 6.45) is 5.43.